The van der Waals surface area contributed by atoms with Gasteiger partial charge >= 0.3 is 0 Å². The van der Waals surface area contributed by atoms with Crippen LogP contribution in [0.3, 0.4) is 0 Å². The summed E-state index contributed by atoms with van der Waals surface area (Å²) in [6.07, 6.45) is 4.46. The molecular weight excluding hydrogens is 293 g/mol. The molecule has 0 spiro atoms. The van der Waals surface area contributed by atoms with Gasteiger partial charge in [0.1, 0.15) is 12.1 Å². The summed E-state index contributed by atoms with van der Waals surface area (Å²) in [6.45, 7) is 1.86. The number of anilines is 1. The number of piperidine rings is 1. The molecule has 2 heterocycles. The first-order valence-corrected chi connectivity index (χ1v) is 7.84. The van der Waals surface area contributed by atoms with Gasteiger partial charge in [0.05, 0.1) is 19.7 Å². The smallest absolute Gasteiger partial charge is 0.287 e. The topological polar surface area (TPSA) is 67.7 Å². The van der Waals surface area contributed by atoms with E-state index in [9.17, 15) is 0 Å². The van der Waals surface area contributed by atoms with Crippen molar-refractivity contribution < 1.29 is 14.5 Å². The highest BCUT2D eigenvalue weighted by Crippen LogP contribution is 2.35. The molecule has 6 nitrogen and oxygen atoms in total. The van der Waals surface area contributed by atoms with E-state index in [0.29, 0.717) is 17.4 Å². The van der Waals surface area contributed by atoms with Gasteiger partial charge in [0.15, 0.2) is 11.5 Å². The molecule has 23 heavy (non-hydrogen) atoms. The predicted molar refractivity (Wildman–Crippen MR) is 90.4 cm³/mol. The molecule has 7 heteroatoms. The van der Waals surface area contributed by atoms with Gasteiger partial charge in [0, 0.05) is 24.5 Å². The molecular formula is C16H21BN3O3. The molecule has 1 radical (unpaired) electrons. The minimum Gasteiger partial charge on any atom is -0.493 e. The number of ether oxygens (including phenoxy) is 2. The van der Waals surface area contributed by atoms with Crippen molar-refractivity contribution in [3.63, 3.8) is 0 Å². The lowest BCUT2D eigenvalue weighted by Gasteiger charge is -2.33. The fourth-order valence-corrected chi connectivity index (χ4v) is 3.15. The number of hydrogen-bond donors (Lipinski definition) is 1. The van der Waals surface area contributed by atoms with Crippen molar-refractivity contribution in [2.24, 2.45) is 5.92 Å². The Hall–Kier alpha value is -2.02. The monoisotopic (exact) mass is 314 g/mol. The Morgan fingerprint density at radius 3 is 2.52 bits per heavy atom. The van der Waals surface area contributed by atoms with Crippen molar-refractivity contribution in [3.8, 4) is 11.5 Å². The third-order valence-electron chi connectivity index (χ3n) is 4.47. The Morgan fingerprint density at radius 2 is 1.87 bits per heavy atom. The third-order valence-corrected chi connectivity index (χ3v) is 4.47. The van der Waals surface area contributed by atoms with E-state index in [1.165, 1.54) is 7.48 Å². The molecule has 0 bridgehead atoms. The van der Waals surface area contributed by atoms with Crippen LogP contribution >= 0.6 is 0 Å². The van der Waals surface area contributed by atoms with Gasteiger partial charge < -0.3 is 19.4 Å². The van der Waals surface area contributed by atoms with E-state index in [4.69, 9.17) is 14.5 Å². The van der Waals surface area contributed by atoms with Gasteiger partial charge in [0.2, 0.25) is 0 Å². The lowest BCUT2D eigenvalue weighted by molar-refractivity contribution is 0.355. The highest BCUT2D eigenvalue weighted by atomic mass is 16.5. The van der Waals surface area contributed by atoms with Crippen molar-refractivity contribution >= 4 is 24.2 Å². The van der Waals surface area contributed by atoms with Crippen LogP contribution in [-0.4, -0.2) is 49.8 Å². The van der Waals surface area contributed by atoms with Crippen LogP contribution in [0.5, 0.6) is 11.5 Å². The molecule has 0 atom stereocenters. The molecule has 0 aliphatic carbocycles. The number of methoxy groups -OCH3 is 2. The van der Waals surface area contributed by atoms with E-state index in [-0.39, 0.29) is 0 Å². The summed E-state index contributed by atoms with van der Waals surface area (Å²) < 4.78 is 10.7. The second kappa shape index (κ2) is 7.04. The van der Waals surface area contributed by atoms with Gasteiger partial charge in [-0.25, -0.2) is 9.97 Å². The van der Waals surface area contributed by atoms with Crippen LogP contribution in [0.4, 0.5) is 5.82 Å². The largest absolute Gasteiger partial charge is 0.493 e. The molecule has 1 aromatic heterocycles. The number of aromatic nitrogens is 2. The first-order valence-electron chi connectivity index (χ1n) is 7.84. The van der Waals surface area contributed by atoms with E-state index in [1.807, 2.05) is 12.1 Å². The Bertz CT molecular complexity index is 675. The zero-order chi connectivity index (χ0) is 16.2. The number of hydrogen-bond acceptors (Lipinski definition) is 6. The second-order valence-electron chi connectivity index (χ2n) is 5.77. The molecule has 1 aliphatic heterocycles. The van der Waals surface area contributed by atoms with Gasteiger partial charge in [-0.3, -0.25) is 0 Å². The van der Waals surface area contributed by atoms with Crippen LogP contribution < -0.4 is 14.4 Å². The summed E-state index contributed by atoms with van der Waals surface area (Å²) in [5, 5.41) is 9.93. The van der Waals surface area contributed by atoms with E-state index < -0.39 is 0 Å². The summed E-state index contributed by atoms with van der Waals surface area (Å²) in [7, 11) is 4.52. The lowest BCUT2D eigenvalue weighted by atomic mass is 9.80. The molecule has 2 aromatic rings. The van der Waals surface area contributed by atoms with Crippen LogP contribution in [0, 0.1) is 5.92 Å². The van der Waals surface area contributed by atoms with Crippen LogP contribution in [0.25, 0.3) is 10.9 Å². The molecule has 1 saturated heterocycles. The Labute approximate surface area is 136 Å². The molecule has 1 N–H and O–H groups in total. The summed E-state index contributed by atoms with van der Waals surface area (Å²) in [6, 6.07) is 3.82. The number of fused-ring (bicyclic) bond motifs is 1. The third kappa shape index (κ3) is 3.19. The van der Waals surface area contributed by atoms with E-state index in [2.05, 4.69) is 14.9 Å². The Morgan fingerprint density at radius 1 is 1.17 bits per heavy atom. The van der Waals surface area contributed by atoms with E-state index >= 15 is 0 Å². The van der Waals surface area contributed by atoms with Crippen molar-refractivity contribution in [1.29, 1.82) is 0 Å². The van der Waals surface area contributed by atoms with Gasteiger partial charge in [-0.1, -0.05) is 0 Å². The molecule has 1 aliphatic rings. The van der Waals surface area contributed by atoms with Crippen molar-refractivity contribution in [3.05, 3.63) is 18.5 Å². The molecule has 0 saturated carbocycles. The average molecular weight is 314 g/mol. The van der Waals surface area contributed by atoms with Crippen molar-refractivity contribution in [1.82, 2.24) is 9.97 Å². The minimum atomic E-state index is 0.555. The molecule has 0 amide bonds. The summed E-state index contributed by atoms with van der Waals surface area (Å²) in [5.41, 5.74) is 0.846. The Kier molecular flexibility index (Phi) is 4.86. The zero-order valence-electron chi connectivity index (χ0n) is 13.5. The maximum absolute atomic E-state index is 8.96. The van der Waals surface area contributed by atoms with Gasteiger partial charge in [-0.15, -0.1) is 0 Å². The summed E-state index contributed by atoms with van der Waals surface area (Å²) in [4.78, 5) is 11.1. The van der Waals surface area contributed by atoms with Gasteiger partial charge in [0.25, 0.3) is 7.48 Å². The minimum absolute atomic E-state index is 0.555. The van der Waals surface area contributed by atoms with Crippen molar-refractivity contribution in [2.75, 3.05) is 32.2 Å². The van der Waals surface area contributed by atoms with Crippen LogP contribution in [0.15, 0.2) is 18.5 Å². The molecule has 1 aromatic carbocycles. The fraction of sp³-hybridized carbons (Fsp3) is 0.500. The van der Waals surface area contributed by atoms with Gasteiger partial charge in [-0.2, -0.15) is 0 Å². The highest BCUT2D eigenvalue weighted by molar-refractivity contribution is 6.25. The maximum atomic E-state index is 8.96. The first kappa shape index (κ1) is 15.9. The second-order valence-corrected chi connectivity index (χ2v) is 5.77. The van der Waals surface area contributed by atoms with Crippen LogP contribution in [-0.2, 0) is 0 Å². The summed E-state index contributed by atoms with van der Waals surface area (Å²) >= 11 is 0. The Balaban J connectivity index is 1.92. The fourth-order valence-electron chi connectivity index (χ4n) is 3.15. The highest BCUT2D eigenvalue weighted by Gasteiger charge is 2.22. The normalized spacial score (nSPS) is 15.7. The molecule has 1 fully saturated rings. The van der Waals surface area contributed by atoms with Crippen LogP contribution in [0.1, 0.15) is 12.8 Å². The molecule has 121 valence electrons. The number of rotatable bonds is 5. The average Bonchev–Trinajstić information content (AvgIpc) is 2.61. The SMILES string of the molecule is COc1cc2ncnc(N3CCC(C[B]O)CC3)c2cc1OC. The van der Waals surface area contributed by atoms with Crippen molar-refractivity contribution in [2.45, 2.75) is 19.2 Å². The number of nitrogens with zero attached hydrogens (tertiary/aromatic N) is 3. The predicted octanol–water partition coefficient (Wildman–Crippen LogP) is 1.89. The standard InChI is InChI=1S/C16H21BN3O3/c1-22-14-7-12-13(8-15(14)23-2)18-10-19-16(12)20-5-3-11(4-6-20)9-17-21/h7-8,10-11,21H,3-6,9H2,1-2H3. The van der Waals surface area contributed by atoms with Gasteiger partial charge in [-0.05, 0) is 31.1 Å². The summed E-state index contributed by atoms with van der Waals surface area (Å²) in [5.74, 6) is 2.84. The maximum Gasteiger partial charge on any atom is 0.287 e. The molecule has 3 rings (SSSR count). The quantitative estimate of drug-likeness (QED) is 0.850. The van der Waals surface area contributed by atoms with Crippen LogP contribution in [0.2, 0.25) is 6.32 Å². The zero-order valence-corrected chi connectivity index (χ0v) is 13.5. The lowest BCUT2D eigenvalue weighted by Crippen LogP contribution is -2.34. The van der Waals surface area contributed by atoms with E-state index in [1.54, 1.807) is 20.5 Å². The first-order chi connectivity index (χ1) is 11.3. The number of benzene rings is 1. The molecule has 0 unspecified atom stereocenters. The van der Waals surface area contributed by atoms with E-state index in [0.717, 1.165) is 49.0 Å².